The molecule has 1 atom stereocenters. The number of hydrogen-bond donors (Lipinski definition) is 1. The largest absolute Gasteiger partial charge is 0.446 e. The van der Waals surface area contributed by atoms with E-state index in [-0.39, 0.29) is 6.23 Å². The van der Waals surface area contributed by atoms with Crippen molar-refractivity contribution >= 4 is 17.4 Å². The number of ether oxygens (including phenoxy) is 1. The molecule has 0 aliphatic carbocycles. The van der Waals surface area contributed by atoms with Crippen molar-refractivity contribution in [1.82, 2.24) is 19.7 Å². The first-order valence-corrected chi connectivity index (χ1v) is 10.7. The van der Waals surface area contributed by atoms with Crippen LogP contribution in [0, 0.1) is 6.92 Å². The van der Waals surface area contributed by atoms with E-state index in [2.05, 4.69) is 46.7 Å². The summed E-state index contributed by atoms with van der Waals surface area (Å²) in [5.74, 6) is 1.26. The summed E-state index contributed by atoms with van der Waals surface area (Å²) in [7, 11) is 2.00. The van der Waals surface area contributed by atoms with Crippen LogP contribution in [-0.2, 0) is 12.8 Å². The minimum Gasteiger partial charge on any atom is -0.446 e. The van der Waals surface area contributed by atoms with E-state index in [1.807, 2.05) is 54.2 Å². The molecule has 0 unspecified atom stereocenters. The molecule has 0 radical (unpaired) electrons. The molecule has 4 aromatic rings. The Balaban J connectivity index is 1.48. The van der Waals surface area contributed by atoms with Crippen molar-refractivity contribution < 1.29 is 4.74 Å². The van der Waals surface area contributed by atoms with Crippen LogP contribution in [-0.4, -0.2) is 19.7 Å². The standard InChI is InChI=1S/C23H21N5OS/c1-15-9-11-16(12-10-15)14-30-23-25-22-20(26-27-23)17-6-3-4-7-18(17)24-21(29-22)19-8-5-13-28(19)2/h3-13,21,24H,14H2,1-2H3/t21-/m0/s1. The summed E-state index contributed by atoms with van der Waals surface area (Å²) in [6.07, 6.45) is 1.62. The monoisotopic (exact) mass is 415 g/mol. The minimum atomic E-state index is -0.376. The predicted octanol–water partition coefficient (Wildman–Crippen LogP) is 4.98. The second-order valence-corrected chi connectivity index (χ2v) is 8.20. The number of para-hydroxylation sites is 1. The number of thioether (sulfide) groups is 1. The third-order valence-corrected chi connectivity index (χ3v) is 5.98. The highest BCUT2D eigenvalue weighted by Crippen LogP contribution is 2.39. The highest BCUT2D eigenvalue weighted by molar-refractivity contribution is 7.98. The summed E-state index contributed by atoms with van der Waals surface area (Å²) in [6.45, 7) is 2.09. The normalized spacial score (nSPS) is 14.8. The van der Waals surface area contributed by atoms with Crippen molar-refractivity contribution in [3.05, 3.63) is 83.7 Å². The number of aryl methyl sites for hydroxylation is 2. The molecule has 2 aromatic heterocycles. The number of aromatic nitrogens is 4. The number of fused-ring (bicyclic) bond motifs is 3. The van der Waals surface area contributed by atoms with Gasteiger partial charge < -0.3 is 14.6 Å². The molecular formula is C23H21N5OS. The molecule has 150 valence electrons. The van der Waals surface area contributed by atoms with Gasteiger partial charge in [-0.15, -0.1) is 10.2 Å². The van der Waals surface area contributed by atoms with E-state index in [4.69, 9.17) is 9.72 Å². The molecule has 30 heavy (non-hydrogen) atoms. The molecule has 5 rings (SSSR count). The van der Waals surface area contributed by atoms with Crippen molar-refractivity contribution in [3.63, 3.8) is 0 Å². The van der Waals surface area contributed by atoms with Gasteiger partial charge in [0.15, 0.2) is 5.69 Å². The van der Waals surface area contributed by atoms with Crippen molar-refractivity contribution in [2.75, 3.05) is 5.32 Å². The first kappa shape index (κ1) is 18.7. The van der Waals surface area contributed by atoms with Gasteiger partial charge in [-0.2, -0.15) is 4.98 Å². The molecule has 1 aliphatic rings. The van der Waals surface area contributed by atoms with E-state index in [0.29, 0.717) is 16.7 Å². The molecule has 0 fully saturated rings. The lowest BCUT2D eigenvalue weighted by atomic mass is 10.1. The second-order valence-electron chi connectivity index (χ2n) is 7.25. The van der Waals surface area contributed by atoms with Gasteiger partial charge in [-0.25, -0.2) is 0 Å². The molecule has 0 amide bonds. The zero-order chi connectivity index (χ0) is 20.5. The number of nitrogens with zero attached hydrogens (tertiary/aromatic N) is 4. The maximum Gasteiger partial charge on any atom is 0.247 e. The lowest BCUT2D eigenvalue weighted by Gasteiger charge is -2.19. The predicted molar refractivity (Wildman–Crippen MR) is 118 cm³/mol. The molecule has 1 aliphatic heterocycles. The van der Waals surface area contributed by atoms with Gasteiger partial charge in [0.1, 0.15) is 0 Å². The van der Waals surface area contributed by atoms with E-state index in [0.717, 1.165) is 22.7 Å². The molecule has 1 N–H and O–H groups in total. The zero-order valence-electron chi connectivity index (χ0n) is 16.7. The van der Waals surface area contributed by atoms with Crippen LogP contribution >= 0.6 is 11.8 Å². The highest BCUT2D eigenvalue weighted by Gasteiger charge is 2.27. The summed E-state index contributed by atoms with van der Waals surface area (Å²) >= 11 is 1.55. The summed E-state index contributed by atoms with van der Waals surface area (Å²) in [6, 6.07) is 20.5. The summed E-state index contributed by atoms with van der Waals surface area (Å²) in [4.78, 5) is 4.71. The average Bonchev–Trinajstić information content (AvgIpc) is 3.12. The molecule has 2 aromatic carbocycles. The Morgan fingerprint density at radius 2 is 1.87 bits per heavy atom. The molecule has 0 saturated carbocycles. The van der Waals surface area contributed by atoms with E-state index in [9.17, 15) is 0 Å². The van der Waals surface area contributed by atoms with Crippen molar-refractivity contribution in [2.24, 2.45) is 7.05 Å². The van der Waals surface area contributed by atoms with Gasteiger partial charge in [0.2, 0.25) is 17.3 Å². The topological polar surface area (TPSA) is 64.9 Å². The van der Waals surface area contributed by atoms with E-state index in [1.165, 1.54) is 11.1 Å². The van der Waals surface area contributed by atoms with Crippen LogP contribution in [0.25, 0.3) is 11.3 Å². The molecular weight excluding hydrogens is 394 g/mol. The first-order chi connectivity index (χ1) is 14.7. The number of rotatable bonds is 4. The average molecular weight is 416 g/mol. The van der Waals surface area contributed by atoms with Crippen molar-refractivity contribution in [2.45, 2.75) is 24.1 Å². The molecule has 0 bridgehead atoms. The van der Waals surface area contributed by atoms with Gasteiger partial charge in [0, 0.05) is 30.2 Å². The fourth-order valence-corrected chi connectivity index (χ4v) is 4.16. The van der Waals surface area contributed by atoms with Crippen LogP contribution in [0.2, 0.25) is 0 Å². The minimum absolute atomic E-state index is 0.376. The molecule has 0 saturated heterocycles. The van der Waals surface area contributed by atoms with Crippen molar-refractivity contribution in [3.8, 4) is 17.1 Å². The zero-order valence-corrected chi connectivity index (χ0v) is 17.6. The van der Waals surface area contributed by atoms with Gasteiger partial charge in [0.25, 0.3) is 0 Å². The fourth-order valence-electron chi connectivity index (χ4n) is 3.42. The Kier molecular flexibility index (Phi) is 4.88. The van der Waals surface area contributed by atoms with E-state index < -0.39 is 0 Å². The first-order valence-electron chi connectivity index (χ1n) is 9.74. The second kappa shape index (κ2) is 7.84. The van der Waals surface area contributed by atoms with Gasteiger partial charge in [-0.3, -0.25) is 0 Å². The summed E-state index contributed by atoms with van der Waals surface area (Å²) < 4.78 is 8.35. The molecule has 7 heteroatoms. The molecule has 3 heterocycles. The number of nitrogens with one attached hydrogen (secondary N) is 1. The van der Waals surface area contributed by atoms with Crippen LogP contribution < -0.4 is 10.1 Å². The van der Waals surface area contributed by atoms with Gasteiger partial charge in [0.05, 0.1) is 5.69 Å². The van der Waals surface area contributed by atoms with Gasteiger partial charge in [-0.1, -0.05) is 59.8 Å². The van der Waals surface area contributed by atoms with Crippen LogP contribution in [0.4, 0.5) is 5.69 Å². The van der Waals surface area contributed by atoms with Gasteiger partial charge >= 0.3 is 0 Å². The number of anilines is 1. The Bertz CT molecular complexity index is 1190. The van der Waals surface area contributed by atoms with Crippen molar-refractivity contribution in [1.29, 1.82) is 0 Å². The van der Waals surface area contributed by atoms with Crippen LogP contribution in [0.3, 0.4) is 0 Å². The quantitative estimate of drug-likeness (QED) is 0.474. The lowest BCUT2D eigenvalue weighted by Crippen LogP contribution is -2.19. The SMILES string of the molecule is Cc1ccc(CSc2nnc3c(n2)O[C@@H](c2cccn2C)Nc2ccccc2-3)cc1. The number of benzene rings is 2. The Morgan fingerprint density at radius 1 is 1.03 bits per heavy atom. The van der Waals surface area contributed by atoms with Gasteiger partial charge in [-0.05, 0) is 30.7 Å². The fraction of sp³-hybridized carbons (Fsp3) is 0.174. The van der Waals surface area contributed by atoms with Crippen LogP contribution in [0.15, 0.2) is 72.0 Å². The summed E-state index contributed by atoms with van der Waals surface area (Å²) in [5, 5.41) is 12.9. The van der Waals surface area contributed by atoms with E-state index in [1.54, 1.807) is 11.8 Å². The maximum atomic E-state index is 6.31. The van der Waals surface area contributed by atoms with Crippen LogP contribution in [0.1, 0.15) is 23.0 Å². The third-order valence-electron chi connectivity index (χ3n) is 5.07. The summed E-state index contributed by atoms with van der Waals surface area (Å²) in [5.41, 5.74) is 5.99. The Morgan fingerprint density at radius 3 is 2.67 bits per heavy atom. The molecule has 6 nitrogen and oxygen atoms in total. The van der Waals surface area contributed by atoms with E-state index >= 15 is 0 Å². The third kappa shape index (κ3) is 3.64. The maximum absolute atomic E-state index is 6.31. The highest BCUT2D eigenvalue weighted by atomic mass is 32.2. The molecule has 0 spiro atoms. The smallest absolute Gasteiger partial charge is 0.247 e. The van der Waals surface area contributed by atoms with Crippen LogP contribution in [0.5, 0.6) is 5.88 Å². The lowest BCUT2D eigenvalue weighted by molar-refractivity contribution is 0.217. The number of hydrogen-bond acceptors (Lipinski definition) is 6. The Labute approximate surface area is 179 Å². The Hall–Kier alpha value is -3.32.